The molecule has 1 aromatic heterocycles. The first-order chi connectivity index (χ1) is 12.2. The molecule has 0 spiro atoms. The van der Waals surface area contributed by atoms with Crippen molar-refractivity contribution in [3.05, 3.63) is 72.1 Å². The average Bonchev–Trinajstić information content (AvgIpc) is 3.17. The maximum Gasteiger partial charge on any atom is 0.127 e. The van der Waals surface area contributed by atoms with Gasteiger partial charge in [0.25, 0.3) is 0 Å². The third-order valence-electron chi connectivity index (χ3n) is 4.07. The Balaban J connectivity index is 1.71. The van der Waals surface area contributed by atoms with Crippen LogP contribution >= 0.6 is 0 Å². The van der Waals surface area contributed by atoms with E-state index in [0.717, 1.165) is 35.8 Å². The van der Waals surface area contributed by atoms with Crippen molar-refractivity contribution in [3.8, 4) is 17.2 Å². The Morgan fingerprint density at radius 2 is 1.88 bits per heavy atom. The monoisotopic (exact) mass is 337 g/mol. The normalized spacial score (nSPS) is 10.9. The molecule has 25 heavy (non-hydrogen) atoms. The SMILES string of the molecule is COc1ccc(CN(C)Cc2cccc(-n3cccn3)c2)c(OC)c1. The highest BCUT2D eigenvalue weighted by molar-refractivity contribution is 5.41. The van der Waals surface area contributed by atoms with Crippen molar-refractivity contribution in [2.24, 2.45) is 0 Å². The van der Waals surface area contributed by atoms with E-state index in [-0.39, 0.29) is 0 Å². The topological polar surface area (TPSA) is 39.5 Å². The molecule has 0 saturated carbocycles. The van der Waals surface area contributed by atoms with Gasteiger partial charge >= 0.3 is 0 Å². The molecule has 0 bridgehead atoms. The van der Waals surface area contributed by atoms with Crippen LogP contribution < -0.4 is 9.47 Å². The molecule has 5 nitrogen and oxygen atoms in total. The fourth-order valence-electron chi connectivity index (χ4n) is 2.86. The molecule has 0 amide bonds. The van der Waals surface area contributed by atoms with Crippen LogP contribution in [0.25, 0.3) is 5.69 Å². The van der Waals surface area contributed by atoms with Crippen molar-refractivity contribution in [1.29, 1.82) is 0 Å². The van der Waals surface area contributed by atoms with Gasteiger partial charge in [0.15, 0.2) is 0 Å². The van der Waals surface area contributed by atoms with E-state index in [1.807, 2.05) is 35.1 Å². The second-order valence-electron chi connectivity index (χ2n) is 5.97. The average molecular weight is 337 g/mol. The smallest absolute Gasteiger partial charge is 0.127 e. The van der Waals surface area contributed by atoms with E-state index in [4.69, 9.17) is 9.47 Å². The van der Waals surface area contributed by atoms with E-state index in [2.05, 4.69) is 41.3 Å². The van der Waals surface area contributed by atoms with E-state index < -0.39 is 0 Å². The standard InChI is InChI=1S/C20H23N3O2/c1-22(15-17-8-9-19(24-2)13-20(17)25-3)14-16-6-4-7-18(12-16)23-11-5-10-21-23/h4-13H,14-15H2,1-3H3. The molecule has 0 N–H and O–H groups in total. The summed E-state index contributed by atoms with van der Waals surface area (Å²) in [4.78, 5) is 2.26. The lowest BCUT2D eigenvalue weighted by atomic mass is 10.1. The molecule has 1 heterocycles. The predicted molar refractivity (Wildman–Crippen MR) is 98.3 cm³/mol. The van der Waals surface area contributed by atoms with E-state index in [1.54, 1.807) is 20.4 Å². The maximum absolute atomic E-state index is 5.49. The van der Waals surface area contributed by atoms with Crippen molar-refractivity contribution >= 4 is 0 Å². The van der Waals surface area contributed by atoms with Crippen LogP contribution in [0.2, 0.25) is 0 Å². The Morgan fingerprint density at radius 1 is 1.00 bits per heavy atom. The molecule has 130 valence electrons. The second-order valence-corrected chi connectivity index (χ2v) is 5.97. The molecular weight excluding hydrogens is 314 g/mol. The van der Waals surface area contributed by atoms with Gasteiger partial charge in [0, 0.05) is 37.1 Å². The van der Waals surface area contributed by atoms with Gasteiger partial charge in [-0.3, -0.25) is 4.90 Å². The largest absolute Gasteiger partial charge is 0.497 e. The van der Waals surface area contributed by atoms with Gasteiger partial charge in [0.05, 0.1) is 19.9 Å². The summed E-state index contributed by atoms with van der Waals surface area (Å²) in [5.74, 6) is 1.65. The quantitative estimate of drug-likeness (QED) is 0.661. The highest BCUT2D eigenvalue weighted by Gasteiger charge is 2.09. The summed E-state index contributed by atoms with van der Waals surface area (Å²) >= 11 is 0. The summed E-state index contributed by atoms with van der Waals surface area (Å²) < 4.78 is 12.6. The molecule has 0 fully saturated rings. The molecule has 3 aromatic rings. The number of methoxy groups -OCH3 is 2. The van der Waals surface area contributed by atoms with Crippen molar-refractivity contribution in [2.45, 2.75) is 13.1 Å². The molecule has 0 aliphatic heterocycles. The summed E-state index contributed by atoms with van der Waals surface area (Å²) in [7, 11) is 5.45. The first kappa shape index (κ1) is 17.0. The predicted octanol–water partition coefficient (Wildman–Crippen LogP) is 3.52. The molecule has 0 unspecified atom stereocenters. The number of benzene rings is 2. The minimum Gasteiger partial charge on any atom is -0.497 e. The Bertz CT molecular complexity index is 816. The highest BCUT2D eigenvalue weighted by atomic mass is 16.5. The number of aromatic nitrogens is 2. The maximum atomic E-state index is 5.49. The fraction of sp³-hybridized carbons (Fsp3) is 0.250. The molecule has 0 saturated heterocycles. The summed E-state index contributed by atoms with van der Waals surface area (Å²) in [5, 5.41) is 4.29. The van der Waals surface area contributed by atoms with Crippen LogP contribution in [-0.4, -0.2) is 35.9 Å². The number of hydrogen-bond acceptors (Lipinski definition) is 4. The van der Waals surface area contributed by atoms with Crippen molar-refractivity contribution in [1.82, 2.24) is 14.7 Å². The van der Waals surface area contributed by atoms with Gasteiger partial charge in [-0.05, 0) is 36.9 Å². The van der Waals surface area contributed by atoms with Crippen LogP contribution in [0.5, 0.6) is 11.5 Å². The molecule has 2 aromatic carbocycles. The van der Waals surface area contributed by atoms with Crippen LogP contribution in [0.15, 0.2) is 60.9 Å². The van der Waals surface area contributed by atoms with Gasteiger partial charge in [-0.15, -0.1) is 0 Å². The fourth-order valence-corrected chi connectivity index (χ4v) is 2.86. The molecular formula is C20H23N3O2. The molecule has 0 radical (unpaired) electrons. The zero-order chi connectivity index (χ0) is 17.6. The number of hydrogen-bond donors (Lipinski definition) is 0. The Labute approximate surface area is 148 Å². The molecule has 0 aliphatic carbocycles. The van der Waals surface area contributed by atoms with Crippen LogP contribution in [0.1, 0.15) is 11.1 Å². The van der Waals surface area contributed by atoms with Crippen LogP contribution in [0, 0.1) is 0 Å². The summed E-state index contributed by atoms with van der Waals surface area (Å²) in [5.41, 5.74) is 3.44. The van der Waals surface area contributed by atoms with E-state index in [0.29, 0.717) is 0 Å². The Hall–Kier alpha value is -2.79. The van der Waals surface area contributed by atoms with Crippen molar-refractivity contribution < 1.29 is 9.47 Å². The van der Waals surface area contributed by atoms with E-state index in [1.165, 1.54) is 5.56 Å². The van der Waals surface area contributed by atoms with Gasteiger partial charge in [0.1, 0.15) is 11.5 Å². The third kappa shape index (κ3) is 4.19. The third-order valence-corrected chi connectivity index (χ3v) is 4.07. The van der Waals surface area contributed by atoms with Crippen LogP contribution in [0.4, 0.5) is 0 Å². The Kier molecular flexibility index (Phi) is 5.36. The molecule has 5 heteroatoms. The van der Waals surface area contributed by atoms with Crippen LogP contribution in [0.3, 0.4) is 0 Å². The lowest BCUT2D eigenvalue weighted by Crippen LogP contribution is -2.18. The van der Waals surface area contributed by atoms with Gasteiger partial charge in [-0.25, -0.2) is 4.68 Å². The zero-order valence-corrected chi connectivity index (χ0v) is 14.8. The Morgan fingerprint density at radius 3 is 2.60 bits per heavy atom. The number of rotatable bonds is 7. The lowest BCUT2D eigenvalue weighted by molar-refractivity contribution is 0.309. The minimum atomic E-state index is 0.791. The molecule has 0 aliphatic rings. The summed E-state index contributed by atoms with van der Waals surface area (Å²) in [6.45, 7) is 1.63. The second kappa shape index (κ2) is 7.85. The summed E-state index contributed by atoms with van der Waals surface area (Å²) in [6.07, 6.45) is 3.74. The number of nitrogens with zero attached hydrogens (tertiary/aromatic N) is 3. The number of ether oxygens (including phenoxy) is 2. The van der Waals surface area contributed by atoms with Crippen LogP contribution in [-0.2, 0) is 13.1 Å². The molecule has 0 atom stereocenters. The summed E-state index contributed by atoms with van der Waals surface area (Å²) in [6, 6.07) is 16.3. The minimum absolute atomic E-state index is 0.791. The first-order valence-electron chi connectivity index (χ1n) is 8.18. The first-order valence-corrected chi connectivity index (χ1v) is 8.18. The van der Waals surface area contributed by atoms with Crippen molar-refractivity contribution in [3.63, 3.8) is 0 Å². The van der Waals surface area contributed by atoms with Gasteiger partial charge < -0.3 is 9.47 Å². The molecule has 3 rings (SSSR count). The van der Waals surface area contributed by atoms with Crippen molar-refractivity contribution in [2.75, 3.05) is 21.3 Å². The lowest BCUT2D eigenvalue weighted by Gasteiger charge is -2.19. The van der Waals surface area contributed by atoms with Gasteiger partial charge in [-0.1, -0.05) is 18.2 Å². The van der Waals surface area contributed by atoms with E-state index in [9.17, 15) is 0 Å². The van der Waals surface area contributed by atoms with E-state index >= 15 is 0 Å². The van der Waals surface area contributed by atoms with Gasteiger partial charge in [0.2, 0.25) is 0 Å². The zero-order valence-electron chi connectivity index (χ0n) is 14.8. The van der Waals surface area contributed by atoms with Gasteiger partial charge in [-0.2, -0.15) is 5.10 Å². The highest BCUT2D eigenvalue weighted by Crippen LogP contribution is 2.26.